The van der Waals surface area contributed by atoms with Crippen LogP contribution in [0.1, 0.15) is 11.5 Å². The fourth-order valence-corrected chi connectivity index (χ4v) is 2.56. The highest BCUT2D eigenvalue weighted by molar-refractivity contribution is 5.92. The number of aryl methyl sites for hydroxylation is 1. The van der Waals surface area contributed by atoms with Crippen LogP contribution in [0.2, 0.25) is 0 Å². The van der Waals surface area contributed by atoms with Crippen molar-refractivity contribution >= 4 is 11.6 Å². The molecule has 146 valence electrons. The van der Waals surface area contributed by atoms with Crippen LogP contribution in [0.25, 0.3) is 11.5 Å². The van der Waals surface area contributed by atoms with Crippen molar-refractivity contribution in [1.82, 2.24) is 15.1 Å². The van der Waals surface area contributed by atoms with Gasteiger partial charge in [-0.15, -0.1) is 10.2 Å². The largest absolute Gasteiger partial charge is 0.419 e. The van der Waals surface area contributed by atoms with Crippen LogP contribution in [-0.4, -0.2) is 34.6 Å². The Morgan fingerprint density at radius 2 is 1.93 bits per heavy atom. The second kappa shape index (κ2) is 8.22. The van der Waals surface area contributed by atoms with Crippen LogP contribution < -0.4 is 5.32 Å². The summed E-state index contributed by atoms with van der Waals surface area (Å²) in [7, 11) is 1.62. The van der Waals surface area contributed by atoms with E-state index >= 15 is 0 Å². The molecule has 6 nitrogen and oxygen atoms in total. The van der Waals surface area contributed by atoms with Gasteiger partial charge in [-0.25, -0.2) is 13.2 Å². The van der Waals surface area contributed by atoms with Crippen LogP contribution in [0.15, 0.2) is 40.8 Å². The number of aromatic nitrogens is 2. The van der Waals surface area contributed by atoms with E-state index in [4.69, 9.17) is 4.42 Å². The maximum absolute atomic E-state index is 13.6. The highest BCUT2D eigenvalue weighted by Gasteiger charge is 2.17. The number of likely N-dealkylation sites (N-methyl/N-ethyl adjacent to an activating group) is 1. The summed E-state index contributed by atoms with van der Waals surface area (Å²) in [5.74, 6) is -4.36. The molecule has 3 rings (SSSR count). The lowest BCUT2D eigenvalue weighted by atomic mass is 10.1. The molecule has 1 N–H and O–H groups in total. The summed E-state index contributed by atoms with van der Waals surface area (Å²) in [5, 5.41) is 10.1. The molecule has 0 saturated carbocycles. The maximum atomic E-state index is 13.6. The number of benzene rings is 2. The average Bonchev–Trinajstić information content (AvgIpc) is 3.10. The molecule has 1 heterocycles. The van der Waals surface area contributed by atoms with Crippen molar-refractivity contribution < 1.29 is 22.4 Å². The molecule has 0 fully saturated rings. The van der Waals surface area contributed by atoms with Crippen LogP contribution in [0.3, 0.4) is 0 Å². The Bertz CT molecular complexity index is 1010. The second-order valence-electron chi connectivity index (χ2n) is 6.31. The van der Waals surface area contributed by atoms with Crippen LogP contribution >= 0.6 is 0 Å². The van der Waals surface area contributed by atoms with Crippen LogP contribution in [0.4, 0.5) is 18.9 Å². The summed E-state index contributed by atoms with van der Waals surface area (Å²) < 4.78 is 45.4. The lowest BCUT2D eigenvalue weighted by molar-refractivity contribution is -0.117. The zero-order chi connectivity index (χ0) is 20.3. The highest BCUT2D eigenvalue weighted by Crippen LogP contribution is 2.20. The molecule has 28 heavy (non-hydrogen) atoms. The Balaban J connectivity index is 1.59. The Kier molecular flexibility index (Phi) is 5.74. The van der Waals surface area contributed by atoms with Crippen LogP contribution in [-0.2, 0) is 11.3 Å². The lowest BCUT2D eigenvalue weighted by Crippen LogP contribution is -2.30. The minimum Gasteiger partial charge on any atom is -0.419 e. The number of hydrogen-bond donors (Lipinski definition) is 1. The Hall–Kier alpha value is -3.20. The van der Waals surface area contributed by atoms with Gasteiger partial charge in [0.15, 0.2) is 17.5 Å². The van der Waals surface area contributed by atoms with E-state index in [2.05, 4.69) is 15.5 Å². The molecular formula is C19H17F3N4O2. The zero-order valence-electron chi connectivity index (χ0n) is 15.2. The monoisotopic (exact) mass is 390 g/mol. The fourth-order valence-electron chi connectivity index (χ4n) is 2.56. The second-order valence-corrected chi connectivity index (χ2v) is 6.31. The SMILES string of the molecule is Cc1cccc(-c2nnc(CN(C)CC(=O)Nc3ccc(F)c(F)c3F)o2)c1. The van der Waals surface area contributed by atoms with Crippen molar-refractivity contribution in [3.8, 4) is 11.5 Å². The molecule has 0 aliphatic heterocycles. The van der Waals surface area contributed by atoms with Gasteiger partial charge >= 0.3 is 0 Å². The van der Waals surface area contributed by atoms with Crippen molar-refractivity contribution in [3.63, 3.8) is 0 Å². The smallest absolute Gasteiger partial charge is 0.247 e. The van der Waals surface area contributed by atoms with Gasteiger partial charge in [-0.3, -0.25) is 9.69 Å². The van der Waals surface area contributed by atoms with E-state index in [0.717, 1.165) is 23.3 Å². The number of halogens is 3. The molecule has 1 amide bonds. The summed E-state index contributed by atoms with van der Waals surface area (Å²) in [6.07, 6.45) is 0. The Morgan fingerprint density at radius 1 is 1.14 bits per heavy atom. The number of amides is 1. The molecule has 2 aromatic carbocycles. The van der Waals surface area contributed by atoms with Gasteiger partial charge < -0.3 is 9.73 Å². The molecule has 0 unspecified atom stereocenters. The first-order valence-electron chi connectivity index (χ1n) is 8.35. The third-order valence-electron chi connectivity index (χ3n) is 3.86. The molecule has 0 radical (unpaired) electrons. The third kappa shape index (κ3) is 4.55. The third-order valence-corrected chi connectivity index (χ3v) is 3.86. The average molecular weight is 390 g/mol. The number of rotatable bonds is 6. The summed E-state index contributed by atoms with van der Waals surface area (Å²) >= 11 is 0. The first-order chi connectivity index (χ1) is 13.3. The highest BCUT2D eigenvalue weighted by atomic mass is 19.2. The normalized spacial score (nSPS) is 11.1. The fraction of sp³-hybridized carbons (Fsp3) is 0.211. The number of carbonyl (C=O) groups excluding carboxylic acids is 1. The van der Waals surface area contributed by atoms with Crippen LogP contribution in [0, 0.1) is 24.4 Å². The minimum absolute atomic E-state index is 0.152. The summed E-state index contributed by atoms with van der Waals surface area (Å²) in [6, 6.07) is 9.27. The molecular weight excluding hydrogens is 373 g/mol. The topological polar surface area (TPSA) is 71.3 Å². The number of nitrogens with zero attached hydrogens (tertiary/aromatic N) is 3. The number of nitrogens with one attached hydrogen (secondary N) is 1. The first kappa shape index (κ1) is 19.6. The minimum atomic E-state index is -1.64. The molecule has 0 aliphatic carbocycles. The van der Waals surface area contributed by atoms with Gasteiger partial charge in [-0.2, -0.15) is 0 Å². The standard InChI is InChI=1S/C19H17F3N4O2/c1-11-4-3-5-12(8-11)19-25-24-16(28-19)10-26(2)9-15(27)23-14-7-6-13(20)17(21)18(14)22/h3-8H,9-10H2,1-2H3,(H,23,27). The number of anilines is 1. The molecule has 0 saturated heterocycles. The Labute approximate surface area is 159 Å². The molecule has 0 atom stereocenters. The van der Waals surface area contributed by atoms with Crippen molar-refractivity contribution in [2.75, 3.05) is 18.9 Å². The molecule has 0 bridgehead atoms. The molecule has 0 spiro atoms. The predicted molar refractivity (Wildman–Crippen MR) is 95.8 cm³/mol. The van der Waals surface area contributed by atoms with Crippen molar-refractivity contribution in [2.24, 2.45) is 0 Å². The number of hydrogen-bond acceptors (Lipinski definition) is 5. The first-order valence-corrected chi connectivity index (χ1v) is 8.35. The van der Waals surface area contributed by atoms with E-state index in [-0.39, 0.29) is 13.1 Å². The summed E-state index contributed by atoms with van der Waals surface area (Å²) in [4.78, 5) is 13.6. The molecule has 0 aliphatic rings. The van der Waals surface area contributed by atoms with Gasteiger partial charge in [0.05, 0.1) is 18.8 Å². The van der Waals surface area contributed by atoms with Gasteiger partial charge in [0.2, 0.25) is 17.7 Å². The molecule has 1 aromatic heterocycles. The quantitative estimate of drug-likeness (QED) is 0.652. The van der Waals surface area contributed by atoms with Gasteiger partial charge in [-0.1, -0.05) is 17.7 Å². The lowest BCUT2D eigenvalue weighted by Gasteiger charge is -2.14. The van der Waals surface area contributed by atoms with Gasteiger partial charge in [0.25, 0.3) is 0 Å². The van der Waals surface area contributed by atoms with Gasteiger partial charge in [0, 0.05) is 5.56 Å². The van der Waals surface area contributed by atoms with Crippen LogP contribution in [0.5, 0.6) is 0 Å². The molecule has 3 aromatic rings. The summed E-state index contributed by atoms with van der Waals surface area (Å²) in [6.45, 7) is 1.97. The van der Waals surface area contributed by atoms with E-state index < -0.39 is 29.0 Å². The van der Waals surface area contributed by atoms with Gasteiger partial charge in [-0.05, 0) is 38.2 Å². The summed E-state index contributed by atoms with van der Waals surface area (Å²) in [5.41, 5.74) is 1.40. The van der Waals surface area contributed by atoms with Crippen molar-refractivity contribution in [2.45, 2.75) is 13.5 Å². The zero-order valence-corrected chi connectivity index (χ0v) is 15.2. The maximum Gasteiger partial charge on any atom is 0.247 e. The van der Waals surface area contributed by atoms with E-state index in [9.17, 15) is 18.0 Å². The van der Waals surface area contributed by atoms with E-state index in [1.807, 2.05) is 31.2 Å². The van der Waals surface area contributed by atoms with E-state index in [0.29, 0.717) is 11.8 Å². The van der Waals surface area contributed by atoms with E-state index in [1.165, 1.54) is 0 Å². The predicted octanol–water partition coefficient (Wildman–Crippen LogP) is 3.53. The van der Waals surface area contributed by atoms with Crippen molar-refractivity contribution in [1.29, 1.82) is 0 Å². The van der Waals surface area contributed by atoms with Gasteiger partial charge in [0.1, 0.15) is 0 Å². The molecule has 9 heteroatoms. The number of carbonyl (C=O) groups is 1. The Morgan fingerprint density at radius 3 is 2.68 bits per heavy atom. The van der Waals surface area contributed by atoms with E-state index in [1.54, 1.807) is 11.9 Å². The van der Waals surface area contributed by atoms with Crippen molar-refractivity contribution in [3.05, 3.63) is 65.3 Å².